The summed E-state index contributed by atoms with van der Waals surface area (Å²) in [6, 6.07) is -0.527. The fourth-order valence-electron chi connectivity index (χ4n) is 1.97. The van der Waals surface area contributed by atoms with Crippen LogP contribution in [0.2, 0.25) is 0 Å². The molecule has 20 heavy (non-hydrogen) atoms. The molecule has 1 aliphatic heterocycles. The minimum absolute atomic E-state index is 0.0330. The van der Waals surface area contributed by atoms with Gasteiger partial charge in [0, 0.05) is 13.1 Å². The summed E-state index contributed by atoms with van der Waals surface area (Å²) >= 11 is 0. The molecule has 0 saturated heterocycles. The third-order valence-corrected chi connectivity index (χ3v) is 2.95. The van der Waals surface area contributed by atoms with E-state index in [1.807, 2.05) is 12.2 Å². The van der Waals surface area contributed by atoms with Crippen molar-refractivity contribution < 1.29 is 14.3 Å². The number of ether oxygens (including phenoxy) is 1. The Morgan fingerprint density at radius 2 is 2.15 bits per heavy atom. The van der Waals surface area contributed by atoms with E-state index in [0.29, 0.717) is 13.0 Å². The van der Waals surface area contributed by atoms with E-state index >= 15 is 0 Å². The van der Waals surface area contributed by atoms with Crippen LogP contribution in [0, 0.1) is 0 Å². The van der Waals surface area contributed by atoms with Gasteiger partial charge in [-0.25, -0.2) is 4.79 Å². The summed E-state index contributed by atoms with van der Waals surface area (Å²) in [5.41, 5.74) is -0.560. The van der Waals surface area contributed by atoms with Crippen LogP contribution in [0.15, 0.2) is 12.2 Å². The SMILES string of the molecule is CCCCN1CC=CCC(NC(=O)OC(C)(C)C)C1=O. The lowest BCUT2D eigenvalue weighted by Crippen LogP contribution is -2.49. The average molecular weight is 282 g/mol. The highest BCUT2D eigenvalue weighted by molar-refractivity contribution is 5.86. The van der Waals surface area contributed by atoms with Gasteiger partial charge in [-0.1, -0.05) is 25.5 Å². The predicted molar refractivity (Wildman–Crippen MR) is 78.4 cm³/mol. The van der Waals surface area contributed by atoms with Crippen molar-refractivity contribution in [2.75, 3.05) is 13.1 Å². The summed E-state index contributed by atoms with van der Waals surface area (Å²) in [6.45, 7) is 8.84. The minimum atomic E-state index is -0.560. The van der Waals surface area contributed by atoms with Gasteiger partial charge in [0.05, 0.1) is 0 Å². The van der Waals surface area contributed by atoms with Crippen LogP contribution < -0.4 is 5.32 Å². The monoisotopic (exact) mass is 282 g/mol. The molecule has 1 rings (SSSR count). The van der Waals surface area contributed by atoms with E-state index in [4.69, 9.17) is 4.74 Å². The zero-order valence-electron chi connectivity index (χ0n) is 12.9. The van der Waals surface area contributed by atoms with E-state index in [0.717, 1.165) is 19.4 Å². The number of nitrogens with zero attached hydrogens (tertiary/aromatic N) is 1. The van der Waals surface area contributed by atoms with Gasteiger partial charge in [-0.2, -0.15) is 0 Å². The van der Waals surface area contributed by atoms with Crippen molar-refractivity contribution in [3.8, 4) is 0 Å². The number of unbranched alkanes of at least 4 members (excludes halogenated alkanes) is 1. The minimum Gasteiger partial charge on any atom is -0.444 e. The van der Waals surface area contributed by atoms with Gasteiger partial charge in [0.1, 0.15) is 11.6 Å². The number of nitrogens with one attached hydrogen (secondary N) is 1. The van der Waals surface area contributed by atoms with Crippen molar-refractivity contribution in [2.45, 2.75) is 58.6 Å². The summed E-state index contributed by atoms with van der Waals surface area (Å²) in [5.74, 6) is -0.0330. The second kappa shape index (κ2) is 7.31. The zero-order chi connectivity index (χ0) is 15.2. The van der Waals surface area contributed by atoms with Crippen molar-refractivity contribution in [3.05, 3.63) is 12.2 Å². The predicted octanol–water partition coefficient (Wildman–Crippen LogP) is 2.47. The van der Waals surface area contributed by atoms with Gasteiger partial charge in [0.25, 0.3) is 0 Å². The average Bonchev–Trinajstić information content (AvgIpc) is 2.48. The highest BCUT2D eigenvalue weighted by Crippen LogP contribution is 2.11. The lowest BCUT2D eigenvalue weighted by atomic mass is 10.2. The van der Waals surface area contributed by atoms with Crippen LogP contribution in [0.4, 0.5) is 4.79 Å². The van der Waals surface area contributed by atoms with Gasteiger partial charge >= 0.3 is 6.09 Å². The number of hydrogen-bond acceptors (Lipinski definition) is 3. The van der Waals surface area contributed by atoms with Gasteiger partial charge in [0.15, 0.2) is 0 Å². The normalized spacial score (nSPS) is 19.7. The van der Waals surface area contributed by atoms with Crippen LogP contribution >= 0.6 is 0 Å². The van der Waals surface area contributed by atoms with Crippen molar-refractivity contribution in [1.82, 2.24) is 10.2 Å². The Bertz CT molecular complexity index is 372. The first-order valence-electron chi connectivity index (χ1n) is 7.27. The molecular weight excluding hydrogens is 256 g/mol. The largest absolute Gasteiger partial charge is 0.444 e. The first kappa shape index (κ1) is 16.5. The lowest BCUT2D eigenvalue weighted by Gasteiger charge is -2.26. The van der Waals surface area contributed by atoms with Crippen molar-refractivity contribution in [3.63, 3.8) is 0 Å². The molecule has 114 valence electrons. The van der Waals surface area contributed by atoms with Gasteiger partial charge < -0.3 is 15.0 Å². The molecule has 1 aliphatic rings. The standard InChI is InChI=1S/C15H26N2O3/c1-5-6-10-17-11-8-7-9-12(13(17)18)16-14(19)20-15(2,3)4/h7-8,12H,5-6,9-11H2,1-4H3,(H,16,19). The summed E-state index contributed by atoms with van der Waals surface area (Å²) < 4.78 is 5.20. The van der Waals surface area contributed by atoms with Gasteiger partial charge in [-0.05, 0) is 33.6 Å². The molecule has 0 radical (unpaired) electrons. The second-order valence-electron chi connectivity index (χ2n) is 6.04. The number of rotatable bonds is 4. The van der Waals surface area contributed by atoms with Crippen LogP contribution in [0.25, 0.3) is 0 Å². The summed E-state index contributed by atoms with van der Waals surface area (Å²) in [5, 5.41) is 2.67. The Hall–Kier alpha value is -1.52. The Morgan fingerprint density at radius 3 is 2.75 bits per heavy atom. The molecule has 0 aliphatic carbocycles. The Balaban J connectivity index is 2.61. The van der Waals surface area contributed by atoms with E-state index in [1.165, 1.54) is 0 Å². The maximum atomic E-state index is 12.4. The van der Waals surface area contributed by atoms with Crippen LogP contribution in [-0.2, 0) is 9.53 Å². The van der Waals surface area contributed by atoms with Crippen molar-refractivity contribution in [1.29, 1.82) is 0 Å². The highest BCUT2D eigenvalue weighted by Gasteiger charge is 2.27. The molecule has 5 heteroatoms. The molecule has 1 unspecified atom stereocenters. The first-order valence-corrected chi connectivity index (χ1v) is 7.27. The number of hydrogen-bond donors (Lipinski definition) is 1. The van der Waals surface area contributed by atoms with Crippen LogP contribution in [-0.4, -0.2) is 41.6 Å². The summed E-state index contributed by atoms with van der Waals surface area (Å²) in [7, 11) is 0. The maximum Gasteiger partial charge on any atom is 0.408 e. The Labute approximate surface area is 121 Å². The fourth-order valence-corrected chi connectivity index (χ4v) is 1.97. The molecule has 0 fully saturated rings. The molecule has 0 spiro atoms. The lowest BCUT2D eigenvalue weighted by molar-refractivity contribution is -0.132. The molecule has 2 amide bonds. The van der Waals surface area contributed by atoms with Crippen molar-refractivity contribution in [2.24, 2.45) is 0 Å². The molecule has 1 heterocycles. The van der Waals surface area contributed by atoms with Crippen LogP contribution in [0.3, 0.4) is 0 Å². The molecular formula is C15H26N2O3. The number of alkyl carbamates (subject to hydrolysis) is 1. The highest BCUT2D eigenvalue weighted by atomic mass is 16.6. The van der Waals surface area contributed by atoms with Crippen LogP contribution in [0.1, 0.15) is 47.0 Å². The Morgan fingerprint density at radius 1 is 1.45 bits per heavy atom. The summed E-state index contributed by atoms with van der Waals surface area (Å²) in [4.78, 5) is 25.9. The van der Waals surface area contributed by atoms with Gasteiger partial charge in [-0.3, -0.25) is 4.79 Å². The number of amides is 2. The maximum absolute atomic E-state index is 12.4. The van der Waals surface area contributed by atoms with E-state index in [9.17, 15) is 9.59 Å². The van der Waals surface area contributed by atoms with Crippen molar-refractivity contribution >= 4 is 12.0 Å². The number of carbonyl (C=O) groups excluding carboxylic acids is 2. The quantitative estimate of drug-likeness (QED) is 0.806. The third kappa shape index (κ3) is 5.63. The molecule has 0 saturated carbocycles. The third-order valence-electron chi connectivity index (χ3n) is 2.95. The second-order valence-corrected chi connectivity index (χ2v) is 6.04. The molecule has 0 aromatic rings. The number of carbonyl (C=O) groups is 2. The smallest absolute Gasteiger partial charge is 0.408 e. The summed E-state index contributed by atoms with van der Waals surface area (Å²) in [6.07, 6.45) is 5.90. The molecule has 1 atom stereocenters. The molecule has 5 nitrogen and oxygen atoms in total. The van der Waals surface area contributed by atoms with Crippen LogP contribution in [0.5, 0.6) is 0 Å². The molecule has 0 bridgehead atoms. The zero-order valence-corrected chi connectivity index (χ0v) is 12.9. The van der Waals surface area contributed by atoms with Gasteiger partial charge in [0.2, 0.25) is 5.91 Å². The van der Waals surface area contributed by atoms with E-state index in [1.54, 1.807) is 25.7 Å². The first-order chi connectivity index (χ1) is 9.33. The fraction of sp³-hybridized carbons (Fsp3) is 0.733. The topological polar surface area (TPSA) is 58.6 Å². The van der Waals surface area contributed by atoms with E-state index < -0.39 is 17.7 Å². The Kier molecular flexibility index (Phi) is 6.05. The van der Waals surface area contributed by atoms with E-state index in [-0.39, 0.29) is 5.91 Å². The molecule has 0 aromatic carbocycles. The van der Waals surface area contributed by atoms with Gasteiger partial charge in [-0.15, -0.1) is 0 Å². The molecule has 1 N–H and O–H groups in total. The van der Waals surface area contributed by atoms with E-state index in [2.05, 4.69) is 12.2 Å². The molecule has 0 aromatic heterocycles.